The van der Waals surface area contributed by atoms with Crippen LogP contribution in [-0.4, -0.2) is 38.2 Å². The third-order valence-corrected chi connectivity index (χ3v) is 6.01. The molecule has 0 aromatic heterocycles. The highest BCUT2D eigenvalue weighted by Crippen LogP contribution is 2.33. The molecule has 0 aliphatic carbocycles. The van der Waals surface area contributed by atoms with Crippen LogP contribution in [0.1, 0.15) is 60.7 Å². The Kier molecular flexibility index (Phi) is 8.35. The summed E-state index contributed by atoms with van der Waals surface area (Å²) >= 11 is 0. The third-order valence-electron chi connectivity index (χ3n) is 6.01. The summed E-state index contributed by atoms with van der Waals surface area (Å²) in [6.07, 6.45) is 5.09. The average molecular weight is 424 g/mol. The zero-order valence-electron chi connectivity index (χ0n) is 19.2. The molecule has 2 aromatic carbocycles. The first kappa shape index (κ1) is 23.1. The van der Waals surface area contributed by atoms with Gasteiger partial charge in [-0.3, -0.25) is 4.79 Å². The van der Waals surface area contributed by atoms with Crippen LogP contribution < -0.4 is 20.7 Å². The van der Waals surface area contributed by atoms with E-state index in [1.807, 2.05) is 24.3 Å². The Morgan fingerprint density at radius 2 is 2.06 bits per heavy atom. The lowest BCUT2D eigenvalue weighted by Crippen LogP contribution is -2.32. The highest BCUT2D eigenvalue weighted by atomic mass is 16.5. The topological polar surface area (TPSA) is 67.6 Å². The van der Waals surface area contributed by atoms with Gasteiger partial charge in [-0.15, -0.1) is 0 Å². The monoisotopic (exact) mass is 423 g/mol. The number of para-hydroxylation sites is 1. The number of ether oxygens (including phenoxy) is 1. The summed E-state index contributed by atoms with van der Waals surface area (Å²) < 4.78 is 5.95. The molecule has 1 heterocycles. The van der Waals surface area contributed by atoms with Gasteiger partial charge in [0, 0.05) is 25.7 Å². The molecule has 5 nitrogen and oxygen atoms in total. The third kappa shape index (κ3) is 6.01. The number of rotatable bonds is 12. The summed E-state index contributed by atoms with van der Waals surface area (Å²) in [5, 5.41) is 3.54. The lowest BCUT2D eigenvalue weighted by Gasteiger charge is -2.22. The fourth-order valence-corrected chi connectivity index (χ4v) is 4.40. The van der Waals surface area contributed by atoms with Crippen LogP contribution in [0.15, 0.2) is 36.4 Å². The van der Waals surface area contributed by atoms with Gasteiger partial charge < -0.3 is 20.7 Å². The van der Waals surface area contributed by atoms with Gasteiger partial charge in [0.05, 0.1) is 11.3 Å². The van der Waals surface area contributed by atoms with Crippen molar-refractivity contribution < 1.29 is 9.53 Å². The number of amides is 1. The predicted molar refractivity (Wildman–Crippen MR) is 128 cm³/mol. The molecule has 0 radical (unpaired) electrons. The minimum absolute atomic E-state index is 0.279. The number of nitrogens with zero attached hydrogens (tertiary/aromatic N) is 1. The number of aryl methyl sites for hydroxylation is 1. The number of primary amides is 1. The summed E-state index contributed by atoms with van der Waals surface area (Å²) in [6, 6.07) is 12.7. The van der Waals surface area contributed by atoms with Crippen molar-refractivity contribution in [2.24, 2.45) is 5.73 Å². The molecule has 168 valence electrons. The maximum absolute atomic E-state index is 12.2. The van der Waals surface area contributed by atoms with Gasteiger partial charge in [0.2, 0.25) is 0 Å². The van der Waals surface area contributed by atoms with Crippen molar-refractivity contribution in [2.75, 3.05) is 31.1 Å². The number of hydrogen-bond donors (Lipinski definition) is 2. The minimum atomic E-state index is -0.329. The van der Waals surface area contributed by atoms with Gasteiger partial charge in [-0.2, -0.15) is 0 Å². The van der Waals surface area contributed by atoms with Crippen molar-refractivity contribution >= 4 is 11.6 Å². The molecular formula is C26H37N3O2. The number of anilines is 1. The number of carbonyl (C=O) groups excluding carboxylic acids is 1. The summed E-state index contributed by atoms with van der Waals surface area (Å²) in [5.74, 6) is 0.641. The zero-order chi connectivity index (χ0) is 22.2. The van der Waals surface area contributed by atoms with Crippen molar-refractivity contribution in [3.8, 4) is 5.75 Å². The van der Waals surface area contributed by atoms with E-state index in [0.717, 1.165) is 63.2 Å². The van der Waals surface area contributed by atoms with Gasteiger partial charge >= 0.3 is 0 Å². The number of fused-ring (bicyclic) bond motifs is 1. The van der Waals surface area contributed by atoms with Crippen LogP contribution >= 0.6 is 0 Å². The van der Waals surface area contributed by atoms with Crippen LogP contribution in [0.2, 0.25) is 0 Å². The highest BCUT2D eigenvalue weighted by Gasteiger charge is 2.25. The Labute approximate surface area is 187 Å². The number of nitrogens with one attached hydrogen (secondary N) is 1. The van der Waals surface area contributed by atoms with Crippen molar-refractivity contribution in [1.29, 1.82) is 0 Å². The van der Waals surface area contributed by atoms with Crippen LogP contribution in [-0.2, 0) is 19.3 Å². The molecular weight excluding hydrogens is 386 g/mol. The second-order valence-corrected chi connectivity index (χ2v) is 8.47. The van der Waals surface area contributed by atoms with Gasteiger partial charge in [-0.25, -0.2) is 0 Å². The molecule has 2 aromatic rings. The van der Waals surface area contributed by atoms with Crippen molar-refractivity contribution in [3.63, 3.8) is 0 Å². The Hall–Kier alpha value is -2.53. The fraction of sp³-hybridized carbons (Fsp3) is 0.500. The lowest BCUT2D eigenvalue weighted by molar-refractivity contribution is 0.100. The predicted octanol–water partition coefficient (Wildman–Crippen LogP) is 4.11. The molecule has 0 bridgehead atoms. The molecule has 0 saturated carbocycles. The molecule has 1 amide bonds. The molecule has 5 heteroatoms. The fourth-order valence-electron chi connectivity index (χ4n) is 4.40. The summed E-state index contributed by atoms with van der Waals surface area (Å²) in [7, 11) is 0. The zero-order valence-corrected chi connectivity index (χ0v) is 19.2. The normalized spacial score (nSPS) is 13.8. The van der Waals surface area contributed by atoms with E-state index in [1.165, 1.54) is 16.7 Å². The molecule has 1 atom stereocenters. The van der Waals surface area contributed by atoms with Crippen LogP contribution in [0, 0.1) is 0 Å². The van der Waals surface area contributed by atoms with Gasteiger partial charge in [0.1, 0.15) is 12.4 Å². The van der Waals surface area contributed by atoms with Crippen LogP contribution in [0.4, 0.5) is 5.69 Å². The first-order valence-electron chi connectivity index (χ1n) is 11.7. The maximum atomic E-state index is 12.2. The van der Waals surface area contributed by atoms with E-state index in [9.17, 15) is 4.79 Å². The molecule has 0 unspecified atom stereocenters. The Balaban J connectivity index is 1.57. The molecule has 1 aliphatic rings. The number of nitrogens with two attached hydrogens (primary N) is 1. The number of hydrogen-bond acceptors (Lipinski definition) is 4. The average Bonchev–Trinajstić information content (AvgIpc) is 3.17. The quantitative estimate of drug-likeness (QED) is 0.504. The lowest BCUT2D eigenvalue weighted by atomic mass is 9.98. The first-order valence-corrected chi connectivity index (χ1v) is 11.7. The van der Waals surface area contributed by atoms with Gasteiger partial charge in [-0.1, -0.05) is 44.5 Å². The highest BCUT2D eigenvalue weighted by molar-refractivity contribution is 6.00. The summed E-state index contributed by atoms with van der Waals surface area (Å²) in [6.45, 7) is 9.87. The van der Waals surface area contributed by atoms with E-state index >= 15 is 0 Å². The molecule has 31 heavy (non-hydrogen) atoms. The smallest absolute Gasteiger partial charge is 0.250 e. The molecule has 0 saturated heterocycles. The van der Waals surface area contributed by atoms with E-state index < -0.39 is 0 Å². The Morgan fingerprint density at radius 1 is 1.26 bits per heavy atom. The summed E-state index contributed by atoms with van der Waals surface area (Å²) in [4.78, 5) is 14.5. The molecule has 0 spiro atoms. The molecule has 1 aliphatic heterocycles. The Bertz CT molecular complexity index is 881. The van der Waals surface area contributed by atoms with Gasteiger partial charge in [-0.05, 0) is 61.4 Å². The second-order valence-electron chi connectivity index (χ2n) is 8.47. The van der Waals surface area contributed by atoms with E-state index in [4.69, 9.17) is 10.5 Å². The second kappa shape index (κ2) is 11.2. The number of unbranched alkanes of at least 4 members (excludes halogenated alkanes) is 1. The number of benzene rings is 2. The Morgan fingerprint density at radius 3 is 2.81 bits per heavy atom. The van der Waals surface area contributed by atoms with Gasteiger partial charge in [0.15, 0.2) is 0 Å². The van der Waals surface area contributed by atoms with E-state index in [0.29, 0.717) is 12.2 Å². The maximum Gasteiger partial charge on any atom is 0.250 e. The molecule has 3 rings (SSSR count). The molecule has 0 fully saturated rings. The summed E-state index contributed by atoms with van der Waals surface area (Å²) in [5.41, 5.74) is 11.2. The van der Waals surface area contributed by atoms with Crippen LogP contribution in [0.3, 0.4) is 0 Å². The SMILES string of the molecule is CCCCN1CCc2cc(C[C@@H](C)NCCOc3ccccc3CC)cc(C(N)=O)c21. The van der Waals surface area contributed by atoms with Crippen LogP contribution in [0.5, 0.6) is 5.75 Å². The first-order chi connectivity index (χ1) is 15.0. The van der Waals surface area contributed by atoms with Crippen LogP contribution in [0.25, 0.3) is 0 Å². The van der Waals surface area contributed by atoms with Crippen molar-refractivity contribution in [2.45, 2.75) is 58.9 Å². The largest absolute Gasteiger partial charge is 0.492 e. The minimum Gasteiger partial charge on any atom is -0.492 e. The van der Waals surface area contributed by atoms with Crippen molar-refractivity contribution in [3.05, 3.63) is 58.7 Å². The van der Waals surface area contributed by atoms with Gasteiger partial charge in [0.25, 0.3) is 5.91 Å². The van der Waals surface area contributed by atoms with Crippen molar-refractivity contribution in [1.82, 2.24) is 5.32 Å². The molecule has 3 N–H and O–H groups in total. The number of carbonyl (C=O) groups is 1. The van der Waals surface area contributed by atoms with E-state index in [2.05, 4.69) is 43.1 Å². The van der Waals surface area contributed by atoms with E-state index in [-0.39, 0.29) is 11.9 Å². The van der Waals surface area contributed by atoms with E-state index in [1.54, 1.807) is 0 Å². The standard InChI is InChI=1S/C26H37N3O2/c1-4-6-13-29-14-11-22-17-20(18-23(25(22)29)26(27)30)16-19(3)28-12-15-31-24-10-8-7-9-21(24)5-2/h7-10,17-19,28H,4-6,11-16H2,1-3H3,(H2,27,30)/t19-/m1/s1.